The van der Waals surface area contributed by atoms with E-state index >= 15 is 0 Å². The molecule has 1 N–H and O–H groups in total. The highest BCUT2D eigenvalue weighted by Crippen LogP contribution is 2.25. The summed E-state index contributed by atoms with van der Waals surface area (Å²) in [5.74, 6) is 0.900. The van der Waals surface area contributed by atoms with E-state index in [1.807, 2.05) is 24.3 Å². The number of carbonyl (C=O) groups is 1. The van der Waals surface area contributed by atoms with Crippen molar-refractivity contribution < 1.29 is 9.53 Å². The smallest absolute Gasteiger partial charge is 0.251 e. The molecule has 1 amide bonds. The Morgan fingerprint density at radius 1 is 1.15 bits per heavy atom. The van der Waals surface area contributed by atoms with Crippen LogP contribution in [0, 0.1) is 0 Å². The van der Waals surface area contributed by atoms with Gasteiger partial charge in [0.15, 0.2) is 0 Å². The van der Waals surface area contributed by atoms with E-state index in [0.29, 0.717) is 18.7 Å². The van der Waals surface area contributed by atoms with Crippen molar-refractivity contribution in [1.29, 1.82) is 0 Å². The van der Waals surface area contributed by atoms with Crippen molar-refractivity contribution in [3.05, 3.63) is 65.2 Å². The van der Waals surface area contributed by atoms with Crippen LogP contribution in [-0.4, -0.2) is 43.1 Å². The van der Waals surface area contributed by atoms with Crippen LogP contribution in [0.2, 0.25) is 0 Å². The SMILES string of the molecule is CCN(CC)C(CNC(=O)c1ccc2c(c1)CCO2)Cc1ccccc1. The molecule has 0 fully saturated rings. The maximum Gasteiger partial charge on any atom is 0.251 e. The summed E-state index contributed by atoms with van der Waals surface area (Å²) in [6.07, 6.45) is 1.81. The van der Waals surface area contributed by atoms with Crippen LogP contribution in [0.5, 0.6) is 5.75 Å². The van der Waals surface area contributed by atoms with Gasteiger partial charge in [-0.3, -0.25) is 9.69 Å². The lowest BCUT2D eigenvalue weighted by Gasteiger charge is -2.30. The third-order valence-electron chi connectivity index (χ3n) is 5.09. The third kappa shape index (κ3) is 4.44. The molecule has 0 radical (unpaired) electrons. The summed E-state index contributed by atoms with van der Waals surface area (Å²) in [7, 11) is 0. The van der Waals surface area contributed by atoms with Gasteiger partial charge in [-0.25, -0.2) is 0 Å². The van der Waals surface area contributed by atoms with Crippen molar-refractivity contribution in [2.24, 2.45) is 0 Å². The standard InChI is InChI=1S/C22H28N2O2/c1-3-24(4-2)20(14-17-8-6-5-7-9-17)16-23-22(25)19-10-11-21-18(15-19)12-13-26-21/h5-11,15,20H,3-4,12-14,16H2,1-2H3,(H,23,25). The van der Waals surface area contributed by atoms with Gasteiger partial charge >= 0.3 is 0 Å². The fourth-order valence-corrected chi connectivity index (χ4v) is 3.60. The fraction of sp³-hybridized carbons (Fsp3) is 0.409. The lowest BCUT2D eigenvalue weighted by Crippen LogP contribution is -2.45. The number of carbonyl (C=O) groups excluding carboxylic acids is 1. The van der Waals surface area contributed by atoms with Crippen molar-refractivity contribution in [2.75, 3.05) is 26.2 Å². The number of ether oxygens (including phenoxy) is 1. The molecule has 2 aromatic carbocycles. The Hall–Kier alpha value is -2.33. The minimum Gasteiger partial charge on any atom is -0.493 e. The Morgan fingerprint density at radius 2 is 1.92 bits per heavy atom. The van der Waals surface area contributed by atoms with Gasteiger partial charge in [0.1, 0.15) is 5.75 Å². The zero-order valence-electron chi connectivity index (χ0n) is 15.7. The average Bonchev–Trinajstić information content (AvgIpc) is 3.15. The van der Waals surface area contributed by atoms with Crippen LogP contribution in [-0.2, 0) is 12.8 Å². The zero-order chi connectivity index (χ0) is 18.4. The Labute approximate surface area is 156 Å². The highest BCUT2D eigenvalue weighted by atomic mass is 16.5. The number of amides is 1. The van der Waals surface area contributed by atoms with E-state index in [4.69, 9.17) is 4.74 Å². The first-order valence-electron chi connectivity index (χ1n) is 9.53. The van der Waals surface area contributed by atoms with Crippen LogP contribution in [0.15, 0.2) is 48.5 Å². The van der Waals surface area contributed by atoms with Gasteiger partial charge in [-0.05, 0) is 48.8 Å². The molecule has 0 aliphatic carbocycles. The van der Waals surface area contributed by atoms with Crippen molar-refractivity contribution in [3.8, 4) is 5.75 Å². The van der Waals surface area contributed by atoms with Crippen LogP contribution in [0.25, 0.3) is 0 Å². The molecule has 0 spiro atoms. The summed E-state index contributed by atoms with van der Waals surface area (Å²) in [6.45, 7) is 7.64. The Morgan fingerprint density at radius 3 is 2.65 bits per heavy atom. The molecule has 1 aliphatic rings. The van der Waals surface area contributed by atoms with Crippen molar-refractivity contribution >= 4 is 5.91 Å². The lowest BCUT2D eigenvalue weighted by atomic mass is 10.0. The van der Waals surface area contributed by atoms with Gasteiger partial charge in [0.2, 0.25) is 0 Å². The molecule has 1 atom stereocenters. The van der Waals surface area contributed by atoms with Crippen molar-refractivity contribution in [1.82, 2.24) is 10.2 Å². The number of likely N-dealkylation sites (N-methyl/N-ethyl adjacent to an activating group) is 1. The quantitative estimate of drug-likeness (QED) is 0.792. The predicted molar refractivity (Wildman–Crippen MR) is 105 cm³/mol. The van der Waals surface area contributed by atoms with Crippen LogP contribution in [0.3, 0.4) is 0 Å². The summed E-state index contributed by atoms with van der Waals surface area (Å²) in [5.41, 5.74) is 3.14. The molecular formula is C22H28N2O2. The summed E-state index contributed by atoms with van der Waals surface area (Å²) in [6, 6.07) is 16.5. The molecule has 0 aromatic heterocycles. The lowest BCUT2D eigenvalue weighted by molar-refractivity contribution is 0.0934. The number of nitrogens with one attached hydrogen (secondary N) is 1. The summed E-state index contributed by atoms with van der Waals surface area (Å²) in [5, 5.41) is 3.14. The molecule has 1 unspecified atom stereocenters. The van der Waals surface area contributed by atoms with Crippen molar-refractivity contribution in [2.45, 2.75) is 32.7 Å². The van der Waals surface area contributed by atoms with Gasteiger partial charge in [0.25, 0.3) is 5.91 Å². The molecule has 0 bridgehead atoms. The second kappa shape index (κ2) is 8.86. The van der Waals surface area contributed by atoms with E-state index in [9.17, 15) is 4.79 Å². The molecule has 1 aliphatic heterocycles. The van der Waals surface area contributed by atoms with Crippen LogP contribution >= 0.6 is 0 Å². The normalized spacial score (nSPS) is 14.0. The first kappa shape index (κ1) is 18.5. The van der Waals surface area contributed by atoms with Crippen LogP contribution in [0.4, 0.5) is 0 Å². The largest absolute Gasteiger partial charge is 0.493 e. The van der Waals surface area contributed by atoms with E-state index < -0.39 is 0 Å². The Bertz CT molecular complexity index is 726. The average molecular weight is 352 g/mol. The summed E-state index contributed by atoms with van der Waals surface area (Å²) in [4.78, 5) is 15.0. The van der Waals surface area contributed by atoms with E-state index in [-0.39, 0.29) is 11.9 Å². The number of fused-ring (bicyclic) bond motifs is 1. The van der Waals surface area contributed by atoms with E-state index in [2.05, 4.69) is 48.3 Å². The van der Waals surface area contributed by atoms with Gasteiger partial charge in [-0.2, -0.15) is 0 Å². The maximum atomic E-state index is 12.6. The minimum atomic E-state index is -0.00934. The molecule has 26 heavy (non-hydrogen) atoms. The van der Waals surface area contributed by atoms with E-state index in [1.165, 1.54) is 5.56 Å². The van der Waals surface area contributed by atoms with E-state index in [1.54, 1.807) is 0 Å². The molecule has 4 heteroatoms. The molecule has 138 valence electrons. The molecule has 1 heterocycles. The highest BCUT2D eigenvalue weighted by Gasteiger charge is 2.19. The van der Waals surface area contributed by atoms with Gasteiger partial charge in [0.05, 0.1) is 6.61 Å². The van der Waals surface area contributed by atoms with Gasteiger partial charge in [-0.15, -0.1) is 0 Å². The maximum absolute atomic E-state index is 12.6. The number of nitrogens with zero attached hydrogens (tertiary/aromatic N) is 1. The Kier molecular flexibility index (Phi) is 6.29. The second-order valence-electron chi connectivity index (χ2n) is 6.70. The molecule has 2 aromatic rings. The first-order valence-corrected chi connectivity index (χ1v) is 9.53. The molecule has 4 nitrogen and oxygen atoms in total. The molecular weight excluding hydrogens is 324 g/mol. The monoisotopic (exact) mass is 352 g/mol. The number of hydrogen-bond donors (Lipinski definition) is 1. The summed E-state index contributed by atoms with van der Waals surface area (Å²) >= 11 is 0. The molecule has 0 saturated carbocycles. The van der Waals surface area contributed by atoms with Crippen molar-refractivity contribution in [3.63, 3.8) is 0 Å². The summed E-state index contributed by atoms with van der Waals surface area (Å²) < 4.78 is 5.52. The Balaban J connectivity index is 1.65. The number of hydrogen-bond acceptors (Lipinski definition) is 3. The fourth-order valence-electron chi connectivity index (χ4n) is 3.60. The third-order valence-corrected chi connectivity index (χ3v) is 5.09. The predicted octanol–water partition coefficient (Wildman–Crippen LogP) is 3.30. The highest BCUT2D eigenvalue weighted by molar-refractivity contribution is 5.94. The topological polar surface area (TPSA) is 41.6 Å². The first-order chi connectivity index (χ1) is 12.7. The number of rotatable bonds is 8. The van der Waals surface area contributed by atoms with E-state index in [0.717, 1.165) is 37.2 Å². The molecule has 0 saturated heterocycles. The second-order valence-corrected chi connectivity index (χ2v) is 6.70. The van der Waals surface area contributed by atoms with Crippen LogP contribution in [0.1, 0.15) is 35.3 Å². The van der Waals surface area contributed by atoms with Gasteiger partial charge in [-0.1, -0.05) is 44.2 Å². The number of benzene rings is 2. The van der Waals surface area contributed by atoms with Gasteiger partial charge < -0.3 is 10.1 Å². The van der Waals surface area contributed by atoms with Crippen LogP contribution < -0.4 is 10.1 Å². The zero-order valence-corrected chi connectivity index (χ0v) is 15.7. The molecule has 3 rings (SSSR count). The van der Waals surface area contributed by atoms with Gasteiger partial charge in [0, 0.05) is 24.6 Å². The minimum absolute atomic E-state index is 0.00934.